The van der Waals surface area contributed by atoms with Crippen LogP contribution in [0.4, 0.5) is 0 Å². The molecule has 0 saturated carbocycles. The van der Waals surface area contributed by atoms with Crippen molar-refractivity contribution in [3.8, 4) is 0 Å². The molecule has 0 aliphatic rings. The maximum Gasteiger partial charge on any atom is 0.253 e. The van der Waals surface area contributed by atoms with Gasteiger partial charge in [-0.1, -0.05) is 60.7 Å². The maximum atomic E-state index is 12.7. The molecular weight excluding hydrogens is 437 g/mol. The molecule has 0 bridgehead atoms. The second-order valence-corrected chi connectivity index (χ2v) is 6.40. The van der Waals surface area contributed by atoms with Crippen molar-refractivity contribution in [1.82, 2.24) is 4.57 Å². The molecule has 0 unspecified atom stereocenters. The summed E-state index contributed by atoms with van der Waals surface area (Å²) in [4.78, 5) is 12.7. The summed E-state index contributed by atoms with van der Waals surface area (Å²) in [5, 5.41) is 0. The van der Waals surface area contributed by atoms with Gasteiger partial charge in [0.15, 0.2) is 0 Å². The summed E-state index contributed by atoms with van der Waals surface area (Å²) in [6.07, 6.45) is 4.66. The molecule has 1 aromatic heterocycles. The summed E-state index contributed by atoms with van der Waals surface area (Å²) >= 11 is 0. The zero-order valence-corrected chi connectivity index (χ0v) is 17.3. The van der Waals surface area contributed by atoms with E-state index in [1.54, 1.807) is 0 Å². The van der Waals surface area contributed by atoms with Crippen molar-refractivity contribution in [3.05, 3.63) is 90.0 Å². The molecule has 0 fully saturated rings. The van der Waals surface area contributed by atoms with Crippen LogP contribution in [0.25, 0.3) is 0 Å². The molecule has 0 spiro atoms. The number of carbonyl (C=O) groups excluding carboxylic acids is 1. The van der Waals surface area contributed by atoms with Gasteiger partial charge in [0.05, 0.1) is 13.6 Å². The number of nitrogens with two attached hydrogens (primary N) is 1. The average molecular weight is 461 g/mol. The molecule has 0 radical (unpaired) electrons. The third-order valence-electron chi connectivity index (χ3n) is 5.08. The molecule has 3 rings (SSSR count). The van der Waals surface area contributed by atoms with Crippen molar-refractivity contribution >= 4 is 5.91 Å². The molecule has 0 aliphatic heterocycles. The summed E-state index contributed by atoms with van der Waals surface area (Å²) in [5.74, 6) is 0.818. The first-order chi connectivity index (χ1) is 12.1. The third kappa shape index (κ3) is 3.67. The average Bonchev–Trinajstić information content (AvgIpc) is 2.96. The Labute approximate surface area is 171 Å². The van der Waals surface area contributed by atoms with Gasteiger partial charge in [-0.05, 0) is 11.1 Å². The predicted molar refractivity (Wildman–Crippen MR) is 97.8 cm³/mol. The van der Waals surface area contributed by atoms with Gasteiger partial charge in [0.1, 0.15) is 17.8 Å². The van der Waals surface area contributed by atoms with Crippen LogP contribution in [0.3, 0.4) is 0 Å². The zero-order chi connectivity index (χ0) is 17.9. The van der Waals surface area contributed by atoms with E-state index in [0.717, 1.165) is 17.0 Å². The highest BCUT2D eigenvalue weighted by Crippen LogP contribution is 2.36. The number of aryl methyl sites for hydroxylation is 2. The van der Waals surface area contributed by atoms with Gasteiger partial charge >= 0.3 is 0 Å². The van der Waals surface area contributed by atoms with Crippen LogP contribution in [-0.4, -0.2) is 10.5 Å². The smallest absolute Gasteiger partial charge is 0.253 e. The van der Waals surface area contributed by atoms with E-state index in [2.05, 4.69) is 16.1 Å². The number of rotatable bonds is 6. The Hall–Kier alpha value is -2.15. The number of aromatic nitrogens is 2. The molecule has 2 aromatic carbocycles. The van der Waals surface area contributed by atoms with Crippen molar-refractivity contribution in [2.24, 2.45) is 12.8 Å². The molecule has 4 nitrogen and oxygen atoms in total. The summed E-state index contributed by atoms with van der Waals surface area (Å²) in [7, 11) is 2.02. The van der Waals surface area contributed by atoms with Crippen LogP contribution in [0.5, 0.6) is 0 Å². The Kier molecular flexibility index (Phi) is 6.58. The second kappa shape index (κ2) is 8.49. The minimum absolute atomic E-state index is 0. The highest BCUT2D eigenvalue weighted by Gasteiger charge is 2.40. The van der Waals surface area contributed by atoms with Gasteiger partial charge < -0.3 is 29.7 Å². The number of amides is 1. The van der Waals surface area contributed by atoms with Crippen LogP contribution in [0, 0.1) is 6.92 Å². The SMILES string of the molecule is Cc1n(CCC(C(N)=O)(c2ccccc2)c2ccccc2)cc[n+]1C.[I-]. The van der Waals surface area contributed by atoms with Crippen LogP contribution >= 0.6 is 0 Å². The molecule has 2 N–H and O–H groups in total. The summed E-state index contributed by atoms with van der Waals surface area (Å²) in [6, 6.07) is 19.7. The van der Waals surface area contributed by atoms with Crippen molar-refractivity contribution in [2.75, 3.05) is 0 Å². The number of halogens is 1. The highest BCUT2D eigenvalue weighted by molar-refractivity contribution is 5.90. The van der Waals surface area contributed by atoms with E-state index < -0.39 is 5.41 Å². The lowest BCUT2D eigenvalue weighted by Crippen LogP contribution is -3.00. The number of benzene rings is 2. The number of nitrogens with zero attached hydrogens (tertiary/aromatic N) is 2. The lowest BCUT2D eigenvalue weighted by molar-refractivity contribution is -0.677. The fourth-order valence-corrected chi connectivity index (χ4v) is 3.43. The topological polar surface area (TPSA) is 51.9 Å². The Bertz CT molecular complexity index is 820. The molecule has 26 heavy (non-hydrogen) atoms. The molecule has 0 saturated heterocycles. The van der Waals surface area contributed by atoms with Gasteiger partial charge in [-0.3, -0.25) is 4.79 Å². The number of hydrogen-bond acceptors (Lipinski definition) is 1. The largest absolute Gasteiger partial charge is 1.00 e. The van der Waals surface area contributed by atoms with Crippen LogP contribution in [0.1, 0.15) is 23.4 Å². The summed E-state index contributed by atoms with van der Waals surface area (Å²) in [6.45, 7) is 2.77. The first-order valence-corrected chi connectivity index (χ1v) is 8.48. The van der Waals surface area contributed by atoms with E-state index in [9.17, 15) is 4.79 Å². The fraction of sp³-hybridized carbons (Fsp3) is 0.238. The van der Waals surface area contributed by atoms with E-state index in [1.807, 2.05) is 80.1 Å². The molecule has 136 valence electrons. The Morgan fingerprint density at radius 3 is 1.92 bits per heavy atom. The van der Waals surface area contributed by atoms with Crippen LogP contribution < -0.4 is 34.3 Å². The normalized spacial score (nSPS) is 11.0. The third-order valence-corrected chi connectivity index (χ3v) is 5.08. The van der Waals surface area contributed by atoms with Gasteiger partial charge in [0.25, 0.3) is 5.82 Å². The molecule has 0 aliphatic carbocycles. The predicted octanol–water partition coefficient (Wildman–Crippen LogP) is -0.513. The lowest BCUT2D eigenvalue weighted by Gasteiger charge is -2.31. The Balaban J connectivity index is 0.00000243. The molecule has 5 heteroatoms. The minimum Gasteiger partial charge on any atom is -1.00 e. The molecule has 0 atom stereocenters. The highest BCUT2D eigenvalue weighted by atomic mass is 127. The number of imidazole rings is 1. The number of hydrogen-bond donors (Lipinski definition) is 1. The van der Waals surface area contributed by atoms with Crippen LogP contribution in [-0.2, 0) is 23.8 Å². The number of carbonyl (C=O) groups is 1. The lowest BCUT2D eigenvalue weighted by atomic mass is 9.71. The van der Waals surface area contributed by atoms with Gasteiger partial charge in [0.2, 0.25) is 5.91 Å². The summed E-state index contributed by atoms with van der Waals surface area (Å²) < 4.78 is 4.22. The van der Waals surface area contributed by atoms with Crippen molar-refractivity contribution in [3.63, 3.8) is 0 Å². The first-order valence-electron chi connectivity index (χ1n) is 8.48. The van der Waals surface area contributed by atoms with Crippen molar-refractivity contribution in [1.29, 1.82) is 0 Å². The van der Waals surface area contributed by atoms with Gasteiger partial charge in [-0.2, -0.15) is 0 Å². The van der Waals surface area contributed by atoms with Gasteiger partial charge in [0, 0.05) is 13.3 Å². The van der Waals surface area contributed by atoms with E-state index in [1.165, 1.54) is 0 Å². The first kappa shape index (κ1) is 20.2. The standard InChI is InChI=1S/C21H23N3O.HI/c1-17-23(2)15-16-24(17)14-13-21(20(22)25,18-9-5-3-6-10-18)19-11-7-4-8-12-19;/h3-12,15-16H,13-14H2,1-2H3,(H-,22,25);1H. The molecule has 1 heterocycles. The molecule has 1 amide bonds. The van der Waals surface area contributed by atoms with Crippen molar-refractivity contribution in [2.45, 2.75) is 25.3 Å². The van der Waals surface area contributed by atoms with Gasteiger partial charge in [-0.25, -0.2) is 9.13 Å². The maximum absolute atomic E-state index is 12.7. The minimum atomic E-state index is -0.849. The van der Waals surface area contributed by atoms with Crippen LogP contribution in [0.2, 0.25) is 0 Å². The van der Waals surface area contributed by atoms with E-state index in [0.29, 0.717) is 13.0 Å². The monoisotopic (exact) mass is 461 g/mol. The van der Waals surface area contributed by atoms with E-state index in [4.69, 9.17) is 5.73 Å². The zero-order valence-electron chi connectivity index (χ0n) is 15.1. The number of primary amides is 1. The molecule has 3 aromatic rings. The van der Waals surface area contributed by atoms with E-state index in [-0.39, 0.29) is 29.9 Å². The Morgan fingerprint density at radius 2 is 1.54 bits per heavy atom. The van der Waals surface area contributed by atoms with Gasteiger partial charge in [-0.15, -0.1) is 0 Å². The Morgan fingerprint density at radius 1 is 1.04 bits per heavy atom. The summed E-state index contributed by atoms with van der Waals surface area (Å²) in [5.41, 5.74) is 7.01. The van der Waals surface area contributed by atoms with Crippen LogP contribution in [0.15, 0.2) is 73.1 Å². The fourth-order valence-electron chi connectivity index (χ4n) is 3.43. The molecular formula is C21H24IN3O. The quantitative estimate of drug-likeness (QED) is 0.390. The second-order valence-electron chi connectivity index (χ2n) is 6.40. The van der Waals surface area contributed by atoms with Crippen molar-refractivity contribution < 1.29 is 33.3 Å². The van der Waals surface area contributed by atoms with E-state index >= 15 is 0 Å².